The van der Waals surface area contributed by atoms with Gasteiger partial charge < -0.3 is 5.73 Å². The Morgan fingerprint density at radius 2 is 1.76 bits per heavy atom. The van der Waals surface area contributed by atoms with Crippen molar-refractivity contribution in [3.05, 3.63) is 35.4 Å². The molecule has 0 heterocycles. The standard InChI is InChI=1S/C16H26N2O2S/c1-16(9-5-2-6-10-16)13-18-21(19,20)12-15-8-4-3-7-14(15)11-17/h3-4,7-8,18H,2,5-6,9-13,17H2,1H3. The van der Waals surface area contributed by atoms with Crippen LogP contribution in [0.1, 0.15) is 50.2 Å². The number of benzene rings is 1. The van der Waals surface area contributed by atoms with Gasteiger partial charge in [0.1, 0.15) is 0 Å². The largest absolute Gasteiger partial charge is 0.326 e. The minimum absolute atomic E-state index is 0.0104. The molecule has 1 aromatic rings. The Morgan fingerprint density at radius 3 is 2.38 bits per heavy atom. The molecule has 0 unspecified atom stereocenters. The fraction of sp³-hybridized carbons (Fsp3) is 0.625. The highest BCUT2D eigenvalue weighted by atomic mass is 32.2. The molecule has 0 atom stereocenters. The highest BCUT2D eigenvalue weighted by Gasteiger charge is 2.28. The highest BCUT2D eigenvalue weighted by molar-refractivity contribution is 7.88. The van der Waals surface area contributed by atoms with Gasteiger partial charge >= 0.3 is 0 Å². The van der Waals surface area contributed by atoms with E-state index in [9.17, 15) is 8.42 Å². The van der Waals surface area contributed by atoms with Crippen LogP contribution in [0, 0.1) is 5.41 Å². The summed E-state index contributed by atoms with van der Waals surface area (Å²) in [5, 5.41) is 0. The maximum atomic E-state index is 12.3. The van der Waals surface area contributed by atoms with Gasteiger partial charge in [-0.15, -0.1) is 0 Å². The van der Waals surface area contributed by atoms with Crippen molar-refractivity contribution in [3.63, 3.8) is 0 Å². The first-order valence-electron chi connectivity index (χ1n) is 7.68. The molecular formula is C16H26N2O2S. The van der Waals surface area contributed by atoms with Gasteiger partial charge in [-0.2, -0.15) is 0 Å². The topological polar surface area (TPSA) is 72.2 Å². The first kappa shape index (κ1) is 16.5. The van der Waals surface area contributed by atoms with Crippen LogP contribution in [0.3, 0.4) is 0 Å². The van der Waals surface area contributed by atoms with E-state index in [0.717, 1.165) is 24.0 Å². The van der Waals surface area contributed by atoms with Crippen LogP contribution in [0.25, 0.3) is 0 Å². The average Bonchev–Trinajstić information content (AvgIpc) is 2.47. The third-order valence-corrected chi connectivity index (χ3v) is 5.74. The van der Waals surface area contributed by atoms with Crippen LogP contribution >= 0.6 is 0 Å². The number of nitrogens with two attached hydrogens (primary N) is 1. The number of hydrogen-bond acceptors (Lipinski definition) is 3. The van der Waals surface area contributed by atoms with Gasteiger partial charge in [0.15, 0.2) is 0 Å². The van der Waals surface area contributed by atoms with E-state index < -0.39 is 10.0 Å². The third-order valence-electron chi connectivity index (χ3n) is 4.46. The second kappa shape index (κ2) is 6.90. The van der Waals surface area contributed by atoms with Crippen molar-refractivity contribution in [1.29, 1.82) is 0 Å². The fourth-order valence-electron chi connectivity index (χ4n) is 3.02. The molecule has 0 spiro atoms. The van der Waals surface area contributed by atoms with Gasteiger partial charge in [-0.1, -0.05) is 50.5 Å². The summed E-state index contributed by atoms with van der Waals surface area (Å²) in [4.78, 5) is 0. The Bertz CT molecular complexity index is 563. The lowest BCUT2D eigenvalue weighted by molar-refractivity contribution is 0.219. The van der Waals surface area contributed by atoms with Crippen molar-refractivity contribution >= 4 is 10.0 Å². The average molecular weight is 310 g/mol. The molecular weight excluding hydrogens is 284 g/mol. The molecule has 118 valence electrons. The molecule has 1 aliphatic carbocycles. The summed E-state index contributed by atoms with van der Waals surface area (Å²) in [5.74, 6) is 0.0104. The number of nitrogens with one attached hydrogen (secondary N) is 1. The van der Waals surface area contributed by atoms with Crippen LogP contribution in [-0.2, 0) is 22.3 Å². The van der Waals surface area contributed by atoms with Crippen LogP contribution in [-0.4, -0.2) is 15.0 Å². The molecule has 0 aromatic heterocycles. The van der Waals surface area contributed by atoms with E-state index in [1.165, 1.54) is 19.3 Å². The molecule has 1 aliphatic rings. The van der Waals surface area contributed by atoms with E-state index in [2.05, 4.69) is 11.6 Å². The van der Waals surface area contributed by atoms with Gasteiger partial charge in [0.2, 0.25) is 10.0 Å². The van der Waals surface area contributed by atoms with Gasteiger partial charge in [0.05, 0.1) is 5.75 Å². The Balaban J connectivity index is 1.98. The number of sulfonamides is 1. The Labute approximate surface area is 128 Å². The van der Waals surface area contributed by atoms with Crippen LogP contribution in [0.2, 0.25) is 0 Å². The van der Waals surface area contributed by atoms with Crippen molar-refractivity contribution < 1.29 is 8.42 Å². The van der Waals surface area contributed by atoms with E-state index in [4.69, 9.17) is 5.73 Å². The first-order chi connectivity index (χ1) is 9.94. The molecule has 0 saturated heterocycles. The zero-order valence-corrected chi connectivity index (χ0v) is 13.6. The molecule has 0 aliphatic heterocycles. The Kier molecular flexibility index (Phi) is 5.41. The molecule has 0 radical (unpaired) electrons. The molecule has 2 rings (SSSR count). The normalized spacial score (nSPS) is 18.6. The maximum Gasteiger partial charge on any atom is 0.215 e. The van der Waals surface area contributed by atoms with Crippen molar-refractivity contribution in [2.75, 3.05) is 6.54 Å². The molecule has 3 N–H and O–H groups in total. The second-order valence-corrected chi connectivity index (χ2v) is 8.23. The van der Waals surface area contributed by atoms with Crippen molar-refractivity contribution in [3.8, 4) is 0 Å². The molecule has 1 saturated carbocycles. The van der Waals surface area contributed by atoms with E-state index >= 15 is 0 Å². The molecule has 4 nitrogen and oxygen atoms in total. The minimum atomic E-state index is -3.31. The van der Waals surface area contributed by atoms with E-state index in [1.807, 2.05) is 24.3 Å². The van der Waals surface area contributed by atoms with Crippen molar-refractivity contribution in [2.24, 2.45) is 11.1 Å². The quantitative estimate of drug-likeness (QED) is 0.848. The van der Waals surface area contributed by atoms with Crippen molar-refractivity contribution in [2.45, 2.75) is 51.3 Å². The molecule has 1 fully saturated rings. The summed E-state index contributed by atoms with van der Waals surface area (Å²) in [7, 11) is -3.31. The molecule has 5 heteroatoms. The van der Waals surface area contributed by atoms with Gasteiger partial charge in [-0.3, -0.25) is 0 Å². The summed E-state index contributed by atoms with van der Waals surface area (Å²) >= 11 is 0. The van der Waals surface area contributed by atoms with Crippen LogP contribution in [0.15, 0.2) is 24.3 Å². The smallest absolute Gasteiger partial charge is 0.215 e. The summed E-state index contributed by atoms with van der Waals surface area (Å²) in [6, 6.07) is 7.46. The maximum absolute atomic E-state index is 12.3. The molecule has 1 aromatic carbocycles. The number of hydrogen-bond donors (Lipinski definition) is 2. The number of rotatable bonds is 6. The lowest BCUT2D eigenvalue weighted by atomic mass is 9.76. The molecule has 0 amide bonds. The fourth-order valence-corrected chi connectivity index (χ4v) is 4.38. The summed E-state index contributed by atoms with van der Waals surface area (Å²) in [5.41, 5.74) is 7.46. The van der Waals surface area contributed by atoms with Gasteiger partial charge in [-0.25, -0.2) is 13.1 Å². The van der Waals surface area contributed by atoms with Crippen LogP contribution < -0.4 is 10.5 Å². The summed E-state index contributed by atoms with van der Waals surface area (Å²) < 4.78 is 27.4. The predicted molar refractivity (Wildman–Crippen MR) is 86.2 cm³/mol. The first-order valence-corrected chi connectivity index (χ1v) is 9.34. The zero-order valence-electron chi connectivity index (χ0n) is 12.8. The monoisotopic (exact) mass is 310 g/mol. The SMILES string of the molecule is CC1(CNS(=O)(=O)Cc2ccccc2CN)CCCCC1. The van der Waals surface area contributed by atoms with E-state index in [1.54, 1.807) is 0 Å². The minimum Gasteiger partial charge on any atom is -0.326 e. The van der Waals surface area contributed by atoms with Crippen LogP contribution in [0.4, 0.5) is 0 Å². The summed E-state index contributed by atoms with van der Waals surface area (Å²) in [6.45, 7) is 3.09. The zero-order chi connectivity index (χ0) is 15.3. The lowest BCUT2D eigenvalue weighted by Gasteiger charge is -2.33. The third kappa shape index (κ3) is 4.80. The second-order valence-electron chi connectivity index (χ2n) is 6.42. The van der Waals surface area contributed by atoms with Crippen LogP contribution in [0.5, 0.6) is 0 Å². The van der Waals surface area contributed by atoms with E-state index in [-0.39, 0.29) is 11.2 Å². The van der Waals surface area contributed by atoms with Crippen molar-refractivity contribution in [1.82, 2.24) is 4.72 Å². The lowest BCUT2D eigenvalue weighted by Crippen LogP contribution is -2.37. The van der Waals surface area contributed by atoms with Gasteiger partial charge in [0, 0.05) is 13.1 Å². The van der Waals surface area contributed by atoms with E-state index in [0.29, 0.717) is 13.1 Å². The Hall–Kier alpha value is -0.910. The predicted octanol–water partition coefficient (Wildman–Crippen LogP) is 2.54. The summed E-state index contributed by atoms with van der Waals surface area (Å²) in [6.07, 6.45) is 5.89. The molecule has 0 bridgehead atoms. The molecule has 21 heavy (non-hydrogen) atoms. The van der Waals surface area contributed by atoms with Gasteiger partial charge in [-0.05, 0) is 29.4 Å². The Morgan fingerprint density at radius 1 is 1.14 bits per heavy atom. The van der Waals surface area contributed by atoms with Gasteiger partial charge in [0.25, 0.3) is 0 Å². The highest BCUT2D eigenvalue weighted by Crippen LogP contribution is 2.35.